The van der Waals surface area contributed by atoms with Crippen LogP contribution < -0.4 is 4.74 Å². The number of fused-ring (bicyclic) bond motifs is 1. The molecule has 0 atom stereocenters. The first-order chi connectivity index (χ1) is 12.7. The molecule has 26 heavy (non-hydrogen) atoms. The SMILES string of the molecule is COc1ccc(-n2cc(COC(=O)c3cc4ccccc4[nH]3)nn2)cc1. The summed E-state index contributed by atoms with van der Waals surface area (Å²) in [5.74, 6) is 0.335. The van der Waals surface area contributed by atoms with Crippen molar-refractivity contribution in [1.29, 1.82) is 0 Å². The molecule has 2 aromatic heterocycles. The number of para-hydroxylation sites is 1. The molecule has 2 heterocycles. The van der Waals surface area contributed by atoms with E-state index in [-0.39, 0.29) is 6.61 Å². The van der Waals surface area contributed by atoms with Gasteiger partial charge in [0.15, 0.2) is 0 Å². The standard InChI is InChI=1S/C19H16N4O3/c1-25-16-8-6-15(7-9-16)23-11-14(21-22-23)12-26-19(24)18-10-13-4-2-3-5-17(13)20-18/h2-11,20H,12H2,1H3. The van der Waals surface area contributed by atoms with Crippen molar-refractivity contribution in [2.45, 2.75) is 6.61 Å². The Hall–Kier alpha value is -3.61. The van der Waals surface area contributed by atoms with E-state index in [4.69, 9.17) is 9.47 Å². The third-order valence-corrected chi connectivity index (χ3v) is 3.98. The highest BCUT2D eigenvalue weighted by Gasteiger charge is 2.12. The Kier molecular flexibility index (Phi) is 4.10. The van der Waals surface area contributed by atoms with E-state index < -0.39 is 5.97 Å². The van der Waals surface area contributed by atoms with Crippen LogP contribution in [-0.4, -0.2) is 33.1 Å². The number of aromatic amines is 1. The fourth-order valence-corrected chi connectivity index (χ4v) is 2.63. The summed E-state index contributed by atoms with van der Waals surface area (Å²) in [5.41, 5.74) is 2.70. The third kappa shape index (κ3) is 3.14. The Morgan fingerprint density at radius 3 is 2.73 bits per heavy atom. The lowest BCUT2D eigenvalue weighted by molar-refractivity contribution is 0.0462. The van der Waals surface area contributed by atoms with Crippen LogP contribution in [0.5, 0.6) is 5.75 Å². The number of nitrogens with one attached hydrogen (secondary N) is 1. The van der Waals surface area contributed by atoms with Gasteiger partial charge in [0, 0.05) is 10.9 Å². The molecule has 0 spiro atoms. The quantitative estimate of drug-likeness (QED) is 0.560. The fourth-order valence-electron chi connectivity index (χ4n) is 2.63. The van der Waals surface area contributed by atoms with Crippen molar-refractivity contribution < 1.29 is 14.3 Å². The molecule has 0 unspecified atom stereocenters. The number of carbonyl (C=O) groups is 1. The second-order valence-corrected chi connectivity index (χ2v) is 5.70. The van der Waals surface area contributed by atoms with Crippen LogP contribution in [0.4, 0.5) is 0 Å². The lowest BCUT2D eigenvalue weighted by Gasteiger charge is -2.02. The lowest BCUT2D eigenvalue weighted by atomic mass is 10.2. The highest BCUT2D eigenvalue weighted by atomic mass is 16.5. The van der Waals surface area contributed by atoms with Crippen molar-refractivity contribution in [2.24, 2.45) is 0 Å². The Balaban J connectivity index is 1.43. The number of hydrogen-bond donors (Lipinski definition) is 1. The summed E-state index contributed by atoms with van der Waals surface area (Å²) in [7, 11) is 1.62. The molecule has 7 nitrogen and oxygen atoms in total. The number of benzene rings is 2. The molecule has 0 aliphatic heterocycles. The first-order valence-electron chi connectivity index (χ1n) is 8.03. The van der Waals surface area contributed by atoms with Crippen molar-refractivity contribution in [2.75, 3.05) is 7.11 Å². The van der Waals surface area contributed by atoms with Crippen LogP contribution in [0.25, 0.3) is 16.6 Å². The molecule has 130 valence electrons. The van der Waals surface area contributed by atoms with Gasteiger partial charge in [-0.2, -0.15) is 0 Å². The summed E-state index contributed by atoms with van der Waals surface area (Å²) in [5, 5.41) is 9.05. The average molecular weight is 348 g/mol. The van der Waals surface area contributed by atoms with Gasteiger partial charge in [-0.15, -0.1) is 5.10 Å². The number of H-pyrrole nitrogens is 1. The number of aromatic nitrogens is 4. The van der Waals surface area contributed by atoms with E-state index in [1.807, 2.05) is 48.5 Å². The first kappa shape index (κ1) is 15.9. The molecule has 4 aromatic rings. The molecule has 0 saturated carbocycles. The molecule has 0 amide bonds. The smallest absolute Gasteiger partial charge is 0.355 e. The summed E-state index contributed by atoms with van der Waals surface area (Å²) >= 11 is 0. The van der Waals surface area contributed by atoms with Crippen LogP contribution in [0.15, 0.2) is 60.8 Å². The highest BCUT2D eigenvalue weighted by Crippen LogP contribution is 2.16. The van der Waals surface area contributed by atoms with Gasteiger partial charge < -0.3 is 14.5 Å². The van der Waals surface area contributed by atoms with Gasteiger partial charge in [-0.25, -0.2) is 9.48 Å². The monoisotopic (exact) mass is 348 g/mol. The molecule has 0 aliphatic carbocycles. The summed E-state index contributed by atoms with van der Waals surface area (Å²) < 4.78 is 12.1. The first-order valence-corrected chi connectivity index (χ1v) is 8.03. The third-order valence-electron chi connectivity index (χ3n) is 3.98. The Labute approximate surface area is 149 Å². The van der Waals surface area contributed by atoms with Gasteiger partial charge >= 0.3 is 5.97 Å². The van der Waals surface area contributed by atoms with Gasteiger partial charge in [0.1, 0.15) is 23.7 Å². The Morgan fingerprint density at radius 2 is 1.96 bits per heavy atom. The average Bonchev–Trinajstić information content (AvgIpc) is 3.33. The van der Waals surface area contributed by atoms with E-state index in [1.165, 1.54) is 0 Å². The van der Waals surface area contributed by atoms with E-state index in [2.05, 4.69) is 15.3 Å². The summed E-state index contributed by atoms with van der Waals surface area (Å²) in [6.07, 6.45) is 1.72. The molecule has 0 bridgehead atoms. The molecule has 2 aromatic carbocycles. The molecular formula is C19H16N4O3. The van der Waals surface area contributed by atoms with Gasteiger partial charge in [-0.1, -0.05) is 23.4 Å². The zero-order valence-corrected chi connectivity index (χ0v) is 14.0. The predicted molar refractivity (Wildman–Crippen MR) is 95.3 cm³/mol. The molecule has 0 aliphatic rings. The number of nitrogens with zero attached hydrogens (tertiary/aromatic N) is 3. The highest BCUT2D eigenvalue weighted by molar-refractivity contribution is 5.94. The molecule has 4 rings (SSSR count). The van der Waals surface area contributed by atoms with Gasteiger partial charge in [-0.3, -0.25) is 0 Å². The van der Waals surface area contributed by atoms with Gasteiger partial charge in [0.05, 0.1) is 19.0 Å². The largest absolute Gasteiger partial charge is 0.497 e. The molecule has 7 heteroatoms. The number of ether oxygens (including phenoxy) is 2. The van der Waals surface area contributed by atoms with Crippen LogP contribution >= 0.6 is 0 Å². The fraction of sp³-hybridized carbons (Fsp3) is 0.105. The van der Waals surface area contributed by atoms with Gasteiger partial charge in [0.25, 0.3) is 0 Å². The summed E-state index contributed by atoms with van der Waals surface area (Å²) in [4.78, 5) is 15.3. The van der Waals surface area contributed by atoms with Crippen LogP contribution in [-0.2, 0) is 11.3 Å². The molecule has 0 saturated heterocycles. The molecule has 1 N–H and O–H groups in total. The molecule has 0 fully saturated rings. The van der Waals surface area contributed by atoms with Gasteiger partial charge in [-0.05, 0) is 36.4 Å². The normalized spacial score (nSPS) is 10.8. The van der Waals surface area contributed by atoms with Crippen molar-refractivity contribution in [3.05, 3.63) is 72.2 Å². The second kappa shape index (κ2) is 6.72. The minimum atomic E-state index is -0.430. The van der Waals surface area contributed by atoms with Crippen molar-refractivity contribution in [1.82, 2.24) is 20.0 Å². The molecular weight excluding hydrogens is 332 g/mol. The lowest BCUT2D eigenvalue weighted by Crippen LogP contribution is -2.05. The van der Waals surface area contributed by atoms with Crippen molar-refractivity contribution in [3.63, 3.8) is 0 Å². The zero-order chi connectivity index (χ0) is 17.9. The van der Waals surface area contributed by atoms with Crippen LogP contribution in [0.3, 0.4) is 0 Å². The van der Waals surface area contributed by atoms with Crippen molar-refractivity contribution >= 4 is 16.9 Å². The van der Waals surface area contributed by atoms with E-state index in [0.29, 0.717) is 11.4 Å². The Morgan fingerprint density at radius 1 is 1.15 bits per heavy atom. The summed E-state index contributed by atoms with van der Waals surface area (Å²) in [6.45, 7) is 0.0460. The molecule has 0 radical (unpaired) electrons. The maximum Gasteiger partial charge on any atom is 0.355 e. The van der Waals surface area contributed by atoms with E-state index in [0.717, 1.165) is 22.3 Å². The number of rotatable bonds is 5. The predicted octanol–water partition coefficient (Wildman–Crippen LogP) is 3.11. The van der Waals surface area contributed by atoms with Crippen LogP contribution in [0.1, 0.15) is 16.2 Å². The minimum absolute atomic E-state index is 0.0460. The van der Waals surface area contributed by atoms with E-state index >= 15 is 0 Å². The second-order valence-electron chi connectivity index (χ2n) is 5.70. The van der Waals surface area contributed by atoms with E-state index in [9.17, 15) is 4.79 Å². The Bertz CT molecular complexity index is 1020. The van der Waals surface area contributed by atoms with Crippen molar-refractivity contribution in [3.8, 4) is 11.4 Å². The maximum atomic E-state index is 12.2. The maximum absolute atomic E-state index is 12.2. The number of methoxy groups -OCH3 is 1. The minimum Gasteiger partial charge on any atom is -0.497 e. The van der Waals surface area contributed by atoms with Gasteiger partial charge in [0.2, 0.25) is 0 Å². The number of carbonyl (C=O) groups excluding carboxylic acids is 1. The topological polar surface area (TPSA) is 82.0 Å². The van der Waals surface area contributed by atoms with E-state index in [1.54, 1.807) is 24.1 Å². The zero-order valence-electron chi connectivity index (χ0n) is 14.0. The van der Waals surface area contributed by atoms with Crippen LogP contribution in [0, 0.1) is 0 Å². The van der Waals surface area contributed by atoms with Crippen LogP contribution in [0.2, 0.25) is 0 Å². The number of esters is 1. The summed E-state index contributed by atoms with van der Waals surface area (Å²) in [6, 6.07) is 16.9. The number of hydrogen-bond acceptors (Lipinski definition) is 5.